The van der Waals surface area contributed by atoms with Gasteiger partial charge in [-0.3, -0.25) is 0 Å². The summed E-state index contributed by atoms with van der Waals surface area (Å²) in [7, 11) is 3.40. The van der Waals surface area contributed by atoms with Gasteiger partial charge < -0.3 is 10.6 Å². The zero-order valence-electron chi connectivity index (χ0n) is 9.56. The van der Waals surface area contributed by atoms with Crippen LogP contribution < -0.4 is 10.6 Å². The van der Waals surface area contributed by atoms with E-state index in [0.29, 0.717) is 18.4 Å². The van der Waals surface area contributed by atoms with Gasteiger partial charge in [-0.15, -0.1) is 0 Å². The van der Waals surface area contributed by atoms with E-state index in [-0.39, 0.29) is 5.69 Å². The van der Waals surface area contributed by atoms with E-state index in [9.17, 15) is 8.78 Å². The van der Waals surface area contributed by atoms with Crippen LogP contribution in [0.4, 0.5) is 14.5 Å². The minimum absolute atomic E-state index is 0.280. The van der Waals surface area contributed by atoms with E-state index in [1.165, 1.54) is 0 Å². The van der Waals surface area contributed by atoms with Crippen LogP contribution in [0.15, 0.2) is 12.1 Å². The Balaban J connectivity index is 2.61. The molecule has 1 aliphatic rings. The number of hydrogen-bond donors (Lipinski definition) is 1. The van der Waals surface area contributed by atoms with Gasteiger partial charge in [0.1, 0.15) is 11.6 Å². The van der Waals surface area contributed by atoms with Crippen molar-refractivity contribution in [3.63, 3.8) is 0 Å². The van der Waals surface area contributed by atoms with Crippen LogP contribution in [-0.4, -0.2) is 14.1 Å². The molecule has 88 valence electrons. The third kappa shape index (κ3) is 1.57. The minimum atomic E-state index is -0.689. The summed E-state index contributed by atoms with van der Waals surface area (Å²) in [5.74, 6) is -0.828. The third-order valence-electron chi connectivity index (χ3n) is 3.27. The molecular formula is C12H16F2N2. The van der Waals surface area contributed by atoms with Crippen LogP contribution in [0.5, 0.6) is 0 Å². The maximum atomic E-state index is 13.8. The van der Waals surface area contributed by atoms with Gasteiger partial charge in [-0.05, 0) is 31.4 Å². The summed E-state index contributed by atoms with van der Waals surface area (Å²) in [6.07, 6.45) is 2.40. The molecule has 1 fully saturated rings. The first kappa shape index (κ1) is 11.3. The Bertz CT molecular complexity index is 412. The number of rotatable bonds is 2. The van der Waals surface area contributed by atoms with Crippen LogP contribution in [0.2, 0.25) is 0 Å². The second-order valence-electron chi connectivity index (χ2n) is 4.66. The molecule has 0 heterocycles. The molecule has 0 aromatic heterocycles. The lowest BCUT2D eigenvalue weighted by atomic mass is 9.72. The number of hydrogen-bond acceptors (Lipinski definition) is 2. The molecule has 0 atom stereocenters. The topological polar surface area (TPSA) is 29.3 Å². The Kier molecular flexibility index (Phi) is 2.62. The Morgan fingerprint density at radius 2 is 1.75 bits per heavy atom. The number of anilines is 1. The van der Waals surface area contributed by atoms with Crippen LogP contribution >= 0.6 is 0 Å². The summed E-state index contributed by atoms with van der Waals surface area (Å²) in [6, 6.07) is 2.31. The van der Waals surface area contributed by atoms with Gasteiger partial charge in [0.2, 0.25) is 0 Å². The van der Waals surface area contributed by atoms with Gasteiger partial charge in [-0.25, -0.2) is 8.78 Å². The first-order valence-electron chi connectivity index (χ1n) is 5.40. The van der Waals surface area contributed by atoms with Gasteiger partial charge in [0.25, 0.3) is 0 Å². The Morgan fingerprint density at radius 3 is 2.19 bits per heavy atom. The van der Waals surface area contributed by atoms with E-state index in [1.807, 2.05) is 0 Å². The van der Waals surface area contributed by atoms with Crippen LogP contribution in [-0.2, 0) is 5.54 Å². The SMILES string of the molecule is CN(C)c1c(F)ccc(F)c1C1(N)CCC1. The Hall–Kier alpha value is -1.16. The van der Waals surface area contributed by atoms with Crippen LogP contribution in [0.3, 0.4) is 0 Å². The molecule has 16 heavy (non-hydrogen) atoms. The van der Waals surface area contributed by atoms with Gasteiger partial charge in [-0.2, -0.15) is 0 Å². The van der Waals surface area contributed by atoms with Gasteiger partial charge in [-0.1, -0.05) is 0 Å². The molecule has 0 saturated heterocycles. The van der Waals surface area contributed by atoms with Crippen molar-refractivity contribution < 1.29 is 8.78 Å². The number of halogens is 2. The smallest absolute Gasteiger partial charge is 0.147 e. The van der Waals surface area contributed by atoms with Crippen LogP contribution in [0.1, 0.15) is 24.8 Å². The van der Waals surface area contributed by atoms with Gasteiger partial charge in [0.05, 0.1) is 5.69 Å². The van der Waals surface area contributed by atoms with Crippen molar-refractivity contribution in [1.29, 1.82) is 0 Å². The van der Waals surface area contributed by atoms with Crippen molar-refractivity contribution in [2.24, 2.45) is 5.73 Å². The maximum Gasteiger partial charge on any atom is 0.147 e. The summed E-state index contributed by atoms with van der Waals surface area (Å²) in [6.45, 7) is 0. The van der Waals surface area contributed by atoms with Gasteiger partial charge >= 0.3 is 0 Å². The predicted octanol–water partition coefficient (Wildman–Crippen LogP) is 2.37. The van der Waals surface area contributed by atoms with E-state index < -0.39 is 17.2 Å². The van der Waals surface area contributed by atoms with E-state index in [2.05, 4.69) is 0 Å². The quantitative estimate of drug-likeness (QED) is 0.838. The normalized spacial score (nSPS) is 18.1. The van der Waals surface area contributed by atoms with Crippen molar-refractivity contribution in [2.75, 3.05) is 19.0 Å². The fraction of sp³-hybridized carbons (Fsp3) is 0.500. The molecule has 2 nitrogen and oxygen atoms in total. The molecule has 0 aliphatic heterocycles. The lowest BCUT2D eigenvalue weighted by molar-refractivity contribution is 0.245. The molecule has 2 N–H and O–H groups in total. The molecule has 1 aromatic rings. The average molecular weight is 226 g/mol. The molecule has 0 bridgehead atoms. The van der Waals surface area contributed by atoms with Crippen LogP contribution in [0, 0.1) is 11.6 Å². The highest BCUT2D eigenvalue weighted by molar-refractivity contribution is 5.58. The number of benzene rings is 1. The molecule has 1 aliphatic carbocycles. The van der Waals surface area contributed by atoms with Gasteiger partial charge in [0, 0.05) is 25.2 Å². The fourth-order valence-electron chi connectivity index (χ4n) is 2.26. The molecule has 0 amide bonds. The summed E-state index contributed by atoms with van der Waals surface area (Å²) in [4.78, 5) is 1.58. The average Bonchev–Trinajstić information content (AvgIpc) is 2.17. The van der Waals surface area contributed by atoms with Crippen molar-refractivity contribution in [3.8, 4) is 0 Å². The Morgan fingerprint density at radius 1 is 1.19 bits per heavy atom. The largest absolute Gasteiger partial charge is 0.375 e. The highest BCUT2D eigenvalue weighted by Gasteiger charge is 2.39. The van der Waals surface area contributed by atoms with Crippen molar-refractivity contribution >= 4 is 5.69 Å². The molecule has 0 unspecified atom stereocenters. The van der Waals surface area contributed by atoms with Crippen LogP contribution in [0.25, 0.3) is 0 Å². The monoisotopic (exact) mass is 226 g/mol. The van der Waals surface area contributed by atoms with Crippen molar-refractivity contribution in [1.82, 2.24) is 0 Å². The summed E-state index contributed by atoms with van der Waals surface area (Å²) in [5, 5.41) is 0. The molecule has 1 aromatic carbocycles. The number of nitrogens with zero attached hydrogens (tertiary/aromatic N) is 1. The predicted molar refractivity (Wildman–Crippen MR) is 60.4 cm³/mol. The van der Waals surface area contributed by atoms with Gasteiger partial charge in [0.15, 0.2) is 0 Å². The highest BCUT2D eigenvalue weighted by Crippen LogP contribution is 2.44. The highest BCUT2D eigenvalue weighted by atomic mass is 19.1. The summed E-state index contributed by atoms with van der Waals surface area (Å²) < 4.78 is 27.5. The lowest BCUT2D eigenvalue weighted by Crippen LogP contribution is -2.45. The zero-order chi connectivity index (χ0) is 11.9. The standard InChI is InChI=1S/C12H16F2N2/c1-16(2)11-9(14)5-4-8(13)10(11)12(15)6-3-7-12/h4-5H,3,6-7,15H2,1-2H3. The third-order valence-corrected chi connectivity index (χ3v) is 3.27. The fourth-order valence-corrected chi connectivity index (χ4v) is 2.26. The summed E-state index contributed by atoms with van der Waals surface area (Å²) in [5.41, 5.74) is 6.01. The lowest BCUT2D eigenvalue weighted by Gasteiger charge is -2.40. The first-order chi connectivity index (χ1) is 7.46. The molecule has 1 saturated carbocycles. The second kappa shape index (κ2) is 3.70. The van der Waals surface area contributed by atoms with E-state index in [4.69, 9.17) is 5.73 Å². The van der Waals surface area contributed by atoms with E-state index in [1.54, 1.807) is 19.0 Å². The second-order valence-corrected chi connectivity index (χ2v) is 4.66. The first-order valence-corrected chi connectivity index (χ1v) is 5.40. The molecule has 2 rings (SSSR count). The zero-order valence-corrected chi connectivity index (χ0v) is 9.56. The van der Waals surface area contributed by atoms with Crippen molar-refractivity contribution in [2.45, 2.75) is 24.8 Å². The van der Waals surface area contributed by atoms with Crippen molar-refractivity contribution in [3.05, 3.63) is 29.3 Å². The maximum absolute atomic E-state index is 13.8. The molecule has 4 heteroatoms. The van der Waals surface area contributed by atoms with E-state index in [0.717, 1.165) is 18.6 Å². The number of nitrogens with two attached hydrogens (primary N) is 1. The molecule has 0 radical (unpaired) electrons. The van der Waals surface area contributed by atoms with E-state index >= 15 is 0 Å². The molecule has 0 spiro atoms. The summed E-state index contributed by atoms with van der Waals surface area (Å²) >= 11 is 0. The minimum Gasteiger partial charge on any atom is -0.375 e. The Labute approximate surface area is 94.0 Å². The molecular weight excluding hydrogens is 210 g/mol.